The van der Waals surface area contributed by atoms with Gasteiger partial charge in [-0.3, -0.25) is 4.90 Å². The van der Waals surface area contributed by atoms with E-state index in [1.54, 1.807) is 7.11 Å². The van der Waals surface area contributed by atoms with Gasteiger partial charge in [0.05, 0.1) is 13.7 Å². The van der Waals surface area contributed by atoms with E-state index in [2.05, 4.69) is 22.8 Å². The van der Waals surface area contributed by atoms with Crippen LogP contribution in [0.1, 0.15) is 30.4 Å². The molecule has 1 heterocycles. The minimum absolute atomic E-state index is 0.116. The van der Waals surface area contributed by atoms with Crippen molar-refractivity contribution in [2.45, 2.75) is 25.8 Å². The van der Waals surface area contributed by atoms with Crippen LogP contribution in [0.25, 0.3) is 0 Å². The molecule has 1 aliphatic heterocycles. The van der Waals surface area contributed by atoms with Crippen molar-refractivity contribution in [2.75, 3.05) is 26.8 Å². The molecule has 0 bridgehead atoms. The fourth-order valence-electron chi connectivity index (χ4n) is 2.35. The van der Waals surface area contributed by atoms with Crippen LogP contribution in [0.15, 0.2) is 18.2 Å². The average molecular weight is 259 g/mol. The molecule has 0 unspecified atom stereocenters. The lowest BCUT2D eigenvalue weighted by molar-refractivity contribution is 0.305. The smallest absolute Gasteiger partial charge is 0.119 e. The van der Waals surface area contributed by atoms with E-state index in [0.29, 0.717) is 6.42 Å². The summed E-state index contributed by atoms with van der Waals surface area (Å²) in [6.45, 7) is 3.38. The highest BCUT2D eigenvalue weighted by Crippen LogP contribution is 2.20. The SMILES string of the molecule is COc1ccc(C#CCCO)c(CN2CCCC2)c1. The van der Waals surface area contributed by atoms with E-state index in [0.717, 1.165) is 17.9 Å². The van der Waals surface area contributed by atoms with Crippen molar-refractivity contribution in [3.63, 3.8) is 0 Å². The lowest BCUT2D eigenvalue weighted by Gasteiger charge is -2.16. The zero-order valence-corrected chi connectivity index (χ0v) is 11.5. The van der Waals surface area contributed by atoms with E-state index in [4.69, 9.17) is 9.84 Å². The van der Waals surface area contributed by atoms with Crippen LogP contribution < -0.4 is 4.74 Å². The summed E-state index contributed by atoms with van der Waals surface area (Å²) in [7, 11) is 1.69. The van der Waals surface area contributed by atoms with Gasteiger partial charge in [0, 0.05) is 18.5 Å². The van der Waals surface area contributed by atoms with Crippen LogP contribution in [0.3, 0.4) is 0 Å². The molecule has 0 atom stereocenters. The Morgan fingerprint density at radius 2 is 2.11 bits per heavy atom. The Morgan fingerprint density at radius 1 is 1.32 bits per heavy atom. The Hall–Kier alpha value is -1.50. The molecule has 1 fully saturated rings. The Labute approximate surface area is 115 Å². The summed E-state index contributed by atoms with van der Waals surface area (Å²) in [5.74, 6) is 7.02. The molecule has 1 saturated heterocycles. The van der Waals surface area contributed by atoms with Gasteiger partial charge in [-0.05, 0) is 49.7 Å². The van der Waals surface area contributed by atoms with Crippen LogP contribution in [0, 0.1) is 11.8 Å². The molecule has 102 valence electrons. The quantitative estimate of drug-likeness (QED) is 0.840. The van der Waals surface area contributed by atoms with Crippen LogP contribution in [-0.4, -0.2) is 36.8 Å². The van der Waals surface area contributed by atoms with Gasteiger partial charge in [0.15, 0.2) is 0 Å². The zero-order chi connectivity index (χ0) is 13.5. The van der Waals surface area contributed by atoms with Gasteiger partial charge in [0.25, 0.3) is 0 Å². The van der Waals surface area contributed by atoms with Crippen LogP contribution in [-0.2, 0) is 6.54 Å². The number of aliphatic hydroxyl groups excluding tert-OH is 1. The first-order valence-electron chi connectivity index (χ1n) is 6.82. The Kier molecular flexibility index (Phi) is 5.26. The van der Waals surface area contributed by atoms with Gasteiger partial charge in [-0.1, -0.05) is 11.8 Å². The highest BCUT2D eigenvalue weighted by molar-refractivity contribution is 5.45. The van der Waals surface area contributed by atoms with E-state index in [1.807, 2.05) is 12.1 Å². The number of hydrogen-bond donors (Lipinski definition) is 1. The summed E-state index contributed by atoms with van der Waals surface area (Å²) in [6, 6.07) is 6.02. The Balaban J connectivity index is 2.18. The second-order valence-corrected chi connectivity index (χ2v) is 4.78. The molecule has 0 aromatic heterocycles. The zero-order valence-electron chi connectivity index (χ0n) is 11.5. The third-order valence-corrected chi connectivity index (χ3v) is 3.36. The number of likely N-dealkylation sites (tertiary alicyclic amines) is 1. The standard InChI is InChI=1S/C16H21NO2/c1-19-16-8-7-14(6-2-5-11-18)15(12-16)13-17-9-3-4-10-17/h7-8,12,18H,3-5,9-11,13H2,1H3. The van der Waals surface area contributed by atoms with Crippen LogP contribution in [0.5, 0.6) is 5.75 Å². The summed E-state index contributed by atoms with van der Waals surface area (Å²) in [5.41, 5.74) is 2.26. The van der Waals surface area contributed by atoms with E-state index >= 15 is 0 Å². The first-order chi connectivity index (χ1) is 9.33. The van der Waals surface area contributed by atoms with Crippen LogP contribution >= 0.6 is 0 Å². The second kappa shape index (κ2) is 7.18. The van der Waals surface area contributed by atoms with Gasteiger partial charge >= 0.3 is 0 Å². The van der Waals surface area contributed by atoms with Crippen molar-refractivity contribution in [1.82, 2.24) is 4.90 Å². The lowest BCUT2D eigenvalue weighted by Crippen LogP contribution is -2.19. The van der Waals surface area contributed by atoms with Gasteiger partial charge in [-0.2, -0.15) is 0 Å². The monoisotopic (exact) mass is 259 g/mol. The summed E-state index contributed by atoms with van der Waals surface area (Å²) in [5, 5.41) is 8.79. The van der Waals surface area contributed by atoms with Gasteiger partial charge < -0.3 is 9.84 Å². The minimum atomic E-state index is 0.116. The molecule has 0 amide bonds. The van der Waals surface area contributed by atoms with Crippen molar-refractivity contribution >= 4 is 0 Å². The van der Waals surface area contributed by atoms with Crippen molar-refractivity contribution in [3.8, 4) is 17.6 Å². The molecule has 3 nitrogen and oxygen atoms in total. The predicted octanol–water partition coefficient (Wildman–Crippen LogP) is 2.02. The molecule has 0 radical (unpaired) electrons. The molecule has 19 heavy (non-hydrogen) atoms. The van der Waals surface area contributed by atoms with Crippen molar-refractivity contribution in [3.05, 3.63) is 29.3 Å². The largest absolute Gasteiger partial charge is 0.497 e. The third kappa shape index (κ3) is 3.99. The van der Waals surface area contributed by atoms with Crippen LogP contribution in [0.2, 0.25) is 0 Å². The first kappa shape index (κ1) is 13.9. The molecule has 0 saturated carbocycles. The van der Waals surface area contributed by atoms with Gasteiger partial charge in [-0.15, -0.1) is 0 Å². The van der Waals surface area contributed by atoms with Gasteiger partial charge in [-0.25, -0.2) is 0 Å². The molecule has 3 heteroatoms. The Bertz CT molecular complexity index is 467. The van der Waals surface area contributed by atoms with Crippen molar-refractivity contribution in [1.29, 1.82) is 0 Å². The number of methoxy groups -OCH3 is 1. The average Bonchev–Trinajstić information content (AvgIpc) is 2.93. The minimum Gasteiger partial charge on any atom is -0.497 e. The summed E-state index contributed by atoms with van der Waals surface area (Å²) in [4.78, 5) is 2.45. The van der Waals surface area contributed by atoms with E-state index < -0.39 is 0 Å². The maximum atomic E-state index is 8.79. The summed E-state index contributed by atoms with van der Waals surface area (Å²) >= 11 is 0. The van der Waals surface area contributed by atoms with E-state index in [9.17, 15) is 0 Å². The molecular formula is C16H21NO2. The predicted molar refractivity (Wildman–Crippen MR) is 76.1 cm³/mol. The third-order valence-electron chi connectivity index (χ3n) is 3.36. The number of aliphatic hydroxyl groups is 1. The topological polar surface area (TPSA) is 32.7 Å². The molecule has 2 rings (SSSR count). The number of nitrogens with zero attached hydrogens (tertiary/aromatic N) is 1. The molecule has 1 aliphatic rings. The number of ether oxygens (including phenoxy) is 1. The van der Waals surface area contributed by atoms with Crippen molar-refractivity contribution < 1.29 is 9.84 Å². The van der Waals surface area contributed by atoms with E-state index in [-0.39, 0.29) is 6.61 Å². The van der Waals surface area contributed by atoms with Crippen LogP contribution in [0.4, 0.5) is 0 Å². The first-order valence-corrected chi connectivity index (χ1v) is 6.82. The normalized spacial score (nSPS) is 15.1. The molecule has 0 spiro atoms. The summed E-state index contributed by atoms with van der Waals surface area (Å²) < 4.78 is 5.29. The van der Waals surface area contributed by atoms with Gasteiger partial charge in [0.2, 0.25) is 0 Å². The molecule has 1 aromatic carbocycles. The number of benzene rings is 1. The maximum absolute atomic E-state index is 8.79. The highest BCUT2D eigenvalue weighted by atomic mass is 16.5. The number of hydrogen-bond acceptors (Lipinski definition) is 3. The van der Waals surface area contributed by atoms with Gasteiger partial charge in [0.1, 0.15) is 5.75 Å². The second-order valence-electron chi connectivity index (χ2n) is 4.78. The molecular weight excluding hydrogens is 238 g/mol. The molecule has 1 aromatic rings. The number of rotatable bonds is 4. The van der Waals surface area contributed by atoms with E-state index in [1.165, 1.54) is 31.5 Å². The molecule has 1 N–H and O–H groups in total. The Morgan fingerprint density at radius 3 is 2.79 bits per heavy atom. The summed E-state index contributed by atoms with van der Waals surface area (Å²) in [6.07, 6.45) is 3.10. The fraction of sp³-hybridized carbons (Fsp3) is 0.500. The lowest BCUT2D eigenvalue weighted by atomic mass is 10.1. The highest BCUT2D eigenvalue weighted by Gasteiger charge is 2.13. The maximum Gasteiger partial charge on any atom is 0.119 e. The molecule has 0 aliphatic carbocycles. The fourth-order valence-corrected chi connectivity index (χ4v) is 2.35. The van der Waals surface area contributed by atoms with Crippen molar-refractivity contribution in [2.24, 2.45) is 0 Å².